The number of amides is 2. The van der Waals surface area contributed by atoms with Crippen LogP contribution < -0.4 is 10.6 Å². The Kier molecular flexibility index (Phi) is 5.56. The molecule has 1 aromatic rings. The van der Waals surface area contributed by atoms with Crippen molar-refractivity contribution in [3.8, 4) is 0 Å². The van der Waals surface area contributed by atoms with Crippen molar-refractivity contribution in [2.24, 2.45) is 5.41 Å². The molecule has 0 bridgehead atoms. The van der Waals surface area contributed by atoms with E-state index in [1.165, 1.54) is 6.07 Å². The highest BCUT2D eigenvalue weighted by Crippen LogP contribution is 2.26. The van der Waals surface area contributed by atoms with Crippen molar-refractivity contribution >= 4 is 33.6 Å². The minimum absolute atomic E-state index is 0.0466. The van der Waals surface area contributed by atoms with Gasteiger partial charge in [-0.2, -0.15) is 0 Å². The third-order valence-electron chi connectivity index (χ3n) is 2.64. The number of carboxylic acids is 1. The number of carbonyl (C=O) groups is 2. The van der Waals surface area contributed by atoms with E-state index in [-0.39, 0.29) is 16.7 Å². The van der Waals surface area contributed by atoms with Crippen molar-refractivity contribution in [2.75, 3.05) is 11.9 Å². The standard InChI is InChI=1S/C14H19BrN2O3/c1-14(2,3)7-8-16-13(20)17-11-9(12(18)19)5-4-6-10(11)15/h4-6H,7-8H2,1-3H3,(H,18,19)(H2,16,17,20). The van der Waals surface area contributed by atoms with Crippen molar-refractivity contribution in [2.45, 2.75) is 27.2 Å². The molecule has 110 valence electrons. The maximum Gasteiger partial charge on any atom is 0.337 e. The van der Waals surface area contributed by atoms with Crippen molar-refractivity contribution in [3.05, 3.63) is 28.2 Å². The predicted molar refractivity (Wildman–Crippen MR) is 82.2 cm³/mol. The number of benzene rings is 1. The van der Waals surface area contributed by atoms with Gasteiger partial charge in [0.25, 0.3) is 0 Å². The second-order valence-electron chi connectivity index (χ2n) is 5.66. The van der Waals surface area contributed by atoms with Crippen LogP contribution in [0.5, 0.6) is 0 Å². The summed E-state index contributed by atoms with van der Waals surface area (Å²) >= 11 is 3.24. The Labute approximate surface area is 126 Å². The van der Waals surface area contributed by atoms with Gasteiger partial charge in [-0.1, -0.05) is 26.8 Å². The highest BCUT2D eigenvalue weighted by atomic mass is 79.9. The number of urea groups is 1. The summed E-state index contributed by atoms with van der Waals surface area (Å²) in [5, 5.41) is 14.4. The van der Waals surface area contributed by atoms with E-state index in [0.717, 1.165) is 6.42 Å². The molecule has 0 saturated heterocycles. The first-order valence-corrected chi connectivity index (χ1v) is 7.06. The molecule has 0 aliphatic carbocycles. The molecular formula is C14H19BrN2O3. The molecule has 0 saturated carbocycles. The zero-order valence-electron chi connectivity index (χ0n) is 11.8. The molecule has 1 aromatic carbocycles. The van der Waals surface area contributed by atoms with Crippen LogP contribution in [-0.2, 0) is 0 Å². The van der Waals surface area contributed by atoms with E-state index < -0.39 is 12.0 Å². The van der Waals surface area contributed by atoms with Crippen LogP contribution in [0, 0.1) is 5.41 Å². The molecule has 0 atom stereocenters. The molecule has 0 aromatic heterocycles. The molecule has 20 heavy (non-hydrogen) atoms. The van der Waals surface area contributed by atoms with E-state index in [9.17, 15) is 9.59 Å². The number of para-hydroxylation sites is 1. The highest BCUT2D eigenvalue weighted by molar-refractivity contribution is 9.10. The molecule has 0 aliphatic rings. The zero-order chi connectivity index (χ0) is 15.3. The van der Waals surface area contributed by atoms with Gasteiger partial charge in [-0.15, -0.1) is 0 Å². The quantitative estimate of drug-likeness (QED) is 0.780. The Bertz CT molecular complexity index is 510. The lowest BCUT2D eigenvalue weighted by Crippen LogP contribution is -2.32. The summed E-state index contributed by atoms with van der Waals surface area (Å²) in [4.78, 5) is 22.9. The van der Waals surface area contributed by atoms with Crippen molar-refractivity contribution in [1.29, 1.82) is 0 Å². The lowest BCUT2D eigenvalue weighted by atomic mass is 9.92. The molecule has 6 heteroatoms. The van der Waals surface area contributed by atoms with E-state index in [2.05, 4.69) is 47.3 Å². The van der Waals surface area contributed by atoms with Gasteiger partial charge in [0.2, 0.25) is 0 Å². The molecule has 3 N–H and O–H groups in total. The lowest BCUT2D eigenvalue weighted by molar-refractivity contribution is 0.0698. The molecule has 2 amide bonds. The minimum Gasteiger partial charge on any atom is -0.478 e. The second-order valence-corrected chi connectivity index (χ2v) is 6.51. The molecule has 0 spiro atoms. The van der Waals surface area contributed by atoms with Gasteiger partial charge in [0.05, 0.1) is 11.3 Å². The number of carbonyl (C=O) groups excluding carboxylic acids is 1. The fourth-order valence-electron chi connectivity index (χ4n) is 1.54. The highest BCUT2D eigenvalue weighted by Gasteiger charge is 2.15. The number of anilines is 1. The average Bonchev–Trinajstić information content (AvgIpc) is 2.29. The van der Waals surface area contributed by atoms with E-state index >= 15 is 0 Å². The van der Waals surface area contributed by atoms with Crippen LogP contribution in [0.3, 0.4) is 0 Å². The van der Waals surface area contributed by atoms with Crippen molar-refractivity contribution in [1.82, 2.24) is 5.32 Å². The van der Waals surface area contributed by atoms with Gasteiger partial charge in [-0.3, -0.25) is 0 Å². The number of hydrogen-bond donors (Lipinski definition) is 3. The van der Waals surface area contributed by atoms with E-state index in [1.54, 1.807) is 12.1 Å². The normalized spacial score (nSPS) is 11.0. The lowest BCUT2D eigenvalue weighted by Gasteiger charge is -2.18. The molecule has 1 rings (SSSR count). The number of aromatic carboxylic acids is 1. The van der Waals surface area contributed by atoms with Crippen molar-refractivity contribution < 1.29 is 14.7 Å². The fraction of sp³-hybridized carbons (Fsp3) is 0.429. The van der Waals surface area contributed by atoms with Crippen molar-refractivity contribution in [3.63, 3.8) is 0 Å². The summed E-state index contributed by atoms with van der Waals surface area (Å²) < 4.78 is 0.531. The number of halogens is 1. The maximum atomic E-state index is 11.8. The molecule has 0 unspecified atom stereocenters. The maximum absolute atomic E-state index is 11.8. The van der Waals surface area contributed by atoms with Gasteiger partial charge >= 0.3 is 12.0 Å². The van der Waals surface area contributed by atoms with Gasteiger partial charge < -0.3 is 15.7 Å². The first kappa shape index (κ1) is 16.5. The molecule has 0 radical (unpaired) electrons. The minimum atomic E-state index is -1.09. The summed E-state index contributed by atoms with van der Waals surface area (Å²) in [6, 6.07) is 4.31. The Morgan fingerprint density at radius 3 is 2.50 bits per heavy atom. The summed E-state index contributed by atoms with van der Waals surface area (Å²) in [7, 11) is 0. The van der Waals surface area contributed by atoms with Crippen LogP contribution in [0.4, 0.5) is 10.5 Å². The molecule has 0 aliphatic heterocycles. The number of carboxylic acid groups (broad SMARTS) is 1. The SMILES string of the molecule is CC(C)(C)CCNC(=O)Nc1c(Br)cccc1C(=O)O. The molecule has 0 heterocycles. The van der Waals surface area contributed by atoms with Crippen LogP contribution >= 0.6 is 15.9 Å². The van der Waals surface area contributed by atoms with Crippen LogP contribution in [0.15, 0.2) is 22.7 Å². The summed E-state index contributed by atoms with van der Waals surface area (Å²) in [5.74, 6) is -1.09. The average molecular weight is 343 g/mol. The first-order valence-electron chi connectivity index (χ1n) is 6.27. The van der Waals surface area contributed by atoms with Gasteiger partial charge in [0, 0.05) is 11.0 Å². The Balaban J connectivity index is 2.69. The Morgan fingerprint density at radius 2 is 1.95 bits per heavy atom. The van der Waals surface area contributed by atoms with Gasteiger partial charge in [0.15, 0.2) is 0 Å². The smallest absolute Gasteiger partial charge is 0.337 e. The molecule has 0 fully saturated rings. The van der Waals surface area contributed by atoms with Gasteiger partial charge in [-0.25, -0.2) is 9.59 Å². The van der Waals surface area contributed by atoms with Gasteiger partial charge in [0.1, 0.15) is 0 Å². The summed E-state index contributed by atoms with van der Waals surface area (Å²) in [6.45, 7) is 6.79. The van der Waals surface area contributed by atoms with E-state index in [1.807, 2.05) is 0 Å². The first-order chi connectivity index (χ1) is 9.20. The third-order valence-corrected chi connectivity index (χ3v) is 3.30. The largest absolute Gasteiger partial charge is 0.478 e. The Morgan fingerprint density at radius 1 is 1.30 bits per heavy atom. The summed E-state index contributed by atoms with van der Waals surface area (Å²) in [5.41, 5.74) is 0.436. The fourth-order valence-corrected chi connectivity index (χ4v) is 2.00. The third kappa shape index (κ3) is 5.21. The second kappa shape index (κ2) is 6.74. The molecule has 5 nitrogen and oxygen atoms in total. The van der Waals surface area contributed by atoms with E-state index in [4.69, 9.17) is 5.11 Å². The van der Waals surface area contributed by atoms with Crippen LogP contribution in [0.2, 0.25) is 0 Å². The zero-order valence-corrected chi connectivity index (χ0v) is 13.4. The van der Waals surface area contributed by atoms with Crippen LogP contribution in [0.25, 0.3) is 0 Å². The van der Waals surface area contributed by atoms with E-state index in [0.29, 0.717) is 11.0 Å². The molecular weight excluding hydrogens is 324 g/mol. The topological polar surface area (TPSA) is 78.4 Å². The summed E-state index contributed by atoms with van der Waals surface area (Å²) in [6.07, 6.45) is 0.835. The van der Waals surface area contributed by atoms with Crippen LogP contribution in [-0.4, -0.2) is 23.7 Å². The number of rotatable bonds is 4. The Hall–Kier alpha value is -1.56. The van der Waals surface area contributed by atoms with Gasteiger partial charge in [-0.05, 0) is 39.9 Å². The monoisotopic (exact) mass is 342 g/mol. The predicted octanol–water partition coefficient (Wildman–Crippen LogP) is 3.71. The number of hydrogen-bond acceptors (Lipinski definition) is 2. The number of nitrogens with one attached hydrogen (secondary N) is 2. The van der Waals surface area contributed by atoms with Crippen LogP contribution in [0.1, 0.15) is 37.6 Å².